The first-order chi connectivity index (χ1) is 12.5. The van der Waals surface area contributed by atoms with Crippen LogP contribution < -0.4 is 20.9 Å². The number of amides is 1. The van der Waals surface area contributed by atoms with Crippen molar-refractivity contribution in [2.75, 3.05) is 7.11 Å². The predicted octanol–water partition coefficient (Wildman–Crippen LogP) is 0.946. The molecule has 1 aromatic carbocycles. The molecule has 1 saturated heterocycles. The van der Waals surface area contributed by atoms with Crippen LogP contribution in [0.15, 0.2) is 18.2 Å². The molecule has 2 fully saturated rings. The Morgan fingerprint density at radius 1 is 1.31 bits per heavy atom. The third-order valence-corrected chi connectivity index (χ3v) is 5.78. The number of esters is 1. The molecule has 0 spiro atoms. The summed E-state index contributed by atoms with van der Waals surface area (Å²) in [6, 6.07) is 5.27. The van der Waals surface area contributed by atoms with Crippen LogP contribution >= 0.6 is 11.6 Å². The monoisotopic (exact) mass is 379 g/mol. The van der Waals surface area contributed by atoms with Crippen LogP contribution in [0.3, 0.4) is 0 Å². The third-order valence-electron chi connectivity index (χ3n) is 5.54. The van der Waals surface area contributed by atoms with Gasteiger partial charge in [0.25, 0.3) is 5.91 Å². The number of ether oxygens (including phenoxy) is 2. The van der Waals surface area contributed by atoms with Crippen molar-refractivity contribution in [1.82, 2.24) is 16.2 Å². The van der Waals surface area contributed by atoms with Crippen LogP contribution in [0.1, 0.15) is 24.8 Å². The summed E-state index contributed by atoms with van der Waals surface area (Å²) in [5.41, 5.74) is 7.15. The zero-order valence-corrected chi connectivity index (χ0v) is 15.2. The van der Waals surface area contributed by atoms with Crippen LogP contribution in [0.4, 0.5) is 0 Å². The van der Waals surface area contributed by atoms with Gasteiger partial charge in [-0.2, -0.15) is 0 Å². The lowest BCUT2D eigenvalue weighted by molar-refractivity contribution is -0.144. The van der Waals surface area contributed by atoms with E-state index >= 15 is 0 Å². The van der Waals surface area contributed by atoms with E-state index in [9.17, 15) is 9.59 Å². The number of rotatable bonds is 3. The molecule has 140 valence electrons. The number of methoxy groups -OCH3 is 1. The molecule has 4 rings (SSSR count). The SMILES string of the molecule is COC(=O)C1NNC2CCC(NC(=O)C3Cc4cc(Cl)ccc4O3)CC21. The lowest BCUT2D eigenvalue weighted by Crippen LogP contribution is -2.49. The largest absolute Gasteiger partial charge is 0.480 e. The molecule has 0 radical (unpaired) electrons. The van der Waals surface area contributed by atoms with Gasteiger partial charge in [0.1, 0.15) is 11.8 Å². The molecule has 1 aromatic rings. The van der Waals surface area contributed by atoms with E-state index < -0.39 is 6.10 Å². The average Bonchev–Trinajstić information content (AvgIpc) is 3.24. The van der Waals surface area contributed by atoms with Crippen LogP contribution in [0, 0.1) is 5.92 Å². The third kappa shape index (κ3) is 3.26. The molecular weight excluding hydrogens is 358 g/mol. The van der Waals surface area contributed by atoms with E-state index in [1.54, 1.807) is 12.1 Å². The van der Waals surface area contributed by atoms with Crippen molar-refractivity contribution in [1.29, 1.82) is 0 Å². The van der Waals surface area contributed by atoms with Gasteiger partial charge < -0.3 is 14.8 Å². The van der Waals surface area contributed by atoms with E-state index in [0.717, 1.165) is 24.8 Å². The quantitative estimate of drug-likeness (QED) is 0.678. The van der Waals surface area contributed by atoms with E-state index in [-0.39, 0.29) is 35.9 Å². The molecule has 5 atom stereocenters. The standard InChI is InChI=1S/C18H22ClN3O4/c1-25-18(24)16-12-8-11(3-4-13(12)21-22-16)20-17(23)15-7-9-6-10(19)2-5-14(9)26-15/h2,5-6,11-13,15-16,21-22H,3-4,7-8H2,1H3,(H,20,23). The fourth-order valence-corrected chi connectivity index (χ4v) is 4.40. The maximum absolute atomic E-state index is 12.6. The predicted molar refractivity (Wildman–Crippen MR) is 94.7 cm³/mol. The number of fused-ring (bicyclic) bond motifs is 2. The Hall–Kier alpha value is -1.83. The second-order valence-corrected chi connectivity index (χ2v) is 7.58. The first-order valence-electron chi connectivity index (χ1n) is 8.89. The number of nitrogens with one attached hydrogen (secondary N) is 3. The Kier molecular flexibility index (Phi) is 4.77. The van der Waals surface area contributed by atoms with Crippen molar-refractivity contribution in [2.24, 2.45) is 5.92 Å². The minimum Gasteiger partial charge on any atom is -0.480 e. The van der Waals surface area contributed by atoms with Crippen LogP contribution in [0.5, 0.6) is 5.75 Å². The summed E-state index contributed by atoms with van der Waals surface area (Å²) < 4.78 is 10.6. The summed E-state index contributed by atoms with van der Waals surface area (Å²) in [5, 5.41) is 3.74. The Morgan fingerprint density at radius 2 is 2.15 bits per heavy atom. The van der Waals surface area contributed by atoms with E-state index in [4.69, 9.17) is 21.1 Å². The highest BCUT2D eigenvalue weighted by Gasteiger charge is 2.44. The maximum atomic E-state index is 12.6. The molecule has 0 bridgehead atoms. The summed E-state index contributed by atoms with van der Waals surface area (Å²) in [5.74, 6) is 0.424. The van der Waals surface area contributed by atoms with Gasteiger partial charge in [0.15, 0.2) is 6.10 Å². The average molecular weight is 380 g/mol. The van der Waals surface area contributed by atoms with Gasteiger partial charge in [-0.25, -0.2) is 5.43 Å². The fourth-order valence-electron chi connectivity index (χ4n) is 4.21. The molecule has 3 N–H and O–H groups in total. The Morgan fingerprint density at radius 3 is 2.96 bits per heavy atom. The number of hydrogen-bond acceptors (Lipinski definition) is 6. The number of hydrazine groups is 1. The molecule has 1 aliphatic carbocycles. The van der Waals surface area contributed by atoms with Crippen molar-refractivity contribution in [3.05, 3.63) is 28.8 Å². The number of carbonyl (C=O) groups is 2. The molecule has 3 aliphatic rings. The van der Waals surface area contributed by atoms with Crippen molar-refractivity contribution in [2.45, 2.75) is 49.9 Å². The zero-order chi connectivity index (χ0) is 18.3. The molecule has 1 saturated carbocycles. The van der Waals surface area contributed by atoms with Crippen LogP contribution in [0.25, 0.3) is 0 Å². The summed E-state index contributed by atoms with van der Waals surface area (Å²) in [7, 11) is 1.39. The van der Waals surface area contributed by atoms with Gasteiger partial charge in [-0.1, -0.05) is 11.6 Å². The normalized spacial score (nSPS) is 32.3. The molecule has 5 unspecified atom stereocenters. The van der Waals surface area contributed by atoms with Gasteiger partial charge in [-0.3, -0.25) is 15.0 Å². The van der Waals surface area contributed by atoms with Gasteiger partial charge in [0.2, 0.25) is 0 Å². The van der Waals surface area contributed by atoms with Crippen molar-refractivity contribution in [3.8, 4) is 5.75 Å². The number of halogens is 1. The zero-order valence-electron chi connectivity index (χ0n) is 14.5. The van der Waals surface area contributed by atoms with Crippen molar-refractivity contribution in [3.63, 3.8) is 0 Å². The van der Waals surface area contributed by atoms with Crippen molar-refractivity contribution < 1.29 is 19.1 Å². The molecular formula is C18H22ClN3O4. The smallest absolute Gasteiger partial charge is 0.324 e. The van der Waals surface area contributed by atoms with Gasteiger partial charge in [-0.05, 0) is 43.0 Å². The summed E-state index contributed by atoms with van der Waals surface area (Å²) in [6.07, 6.45) is 2.46. The summed E-state index contributed by atoms with van der Waals surface area (Å²) >= 11 is 6.00. The van der Waals surface area contributed by atoms with Gasteiger partial charge in [-0.15, -0.1) is 0 Å². The second kappa shape index (κ2) is 7.06. The van der Waals surface area contributed by atoms with E-state index in [0.29, 0.717) is 17.2 Å². The van der Waals surface area contributed by atoms with E-state index in [1.165, 1.54) is 7.11 Å². The van der Waals surface area contributed by atoms with Crippen LogP contribution in [0.2, 0.25) is 5.02 Å². The number of hydrogen-bond donors (Lipinski definition) is 3. The molecule has 2 aliphatic heterocycles. The highest BCUT2D eigenvalue weighted by atomic mass is 35.5. The second-order valence-electron chi connectivity index (χ2n) is 7.14. The van der Waals surface area contributed by atoms with Gasteiger partial charge in [0.05, 0.1) is 7.11 Å². The minimum absolute atomic E-state index is 0.0218. The van der Waals surface area contributed by atoms with Gasteiger partial charge >= 0.3 is 5.97 Å². The first kappa shape index (κ1) is 17.6. The van der Waals surface area contributed by atoms with E-state index in [2.05, 4.69) is 16.2 Å². The Labute approximate surface area is 156 Å². The highest BCUT2D eigenvalue weighted by Crippen LogP contribution is 2.33. The van der Waals surface area contributed by atoms with Crippen molar-refractivity contribution >= 4 is 23.5 Å². The maximum Gasteiger partial charge on any atom is 0.324 e. The molecule has 8 heteroatoms. The minimum atomic E-state index is -0.530. The van der Waals surface area contributed by atoms with E-state index in [1.807, 2.05) is 6.07 Å². The number of benzene rings is 1. The number of carbonyl (C=O) groups excluding carboxylic acids is 2. The lowest BCUT2D eigenvalue weighted by Gasteiger charge is -2.33. The fraction of sp³-hybridized carbons (Fsp3) is 0.556. The lowest BCUT2D eigenvalue weighted by atomic mass is 9.79. The van der Waals surface area contributed by atoms with Crippen LogP contribution in [-0.2, 0) is 20.7 Å². The molecule has 0 aromatic heterocycles. The van der Waals surface area contributed by atoms with Gasteiger partial charge in [0, 0.05) is 29.4 Å². The Bertz CT molecular complexity index is 728. The summed E-state index contributed by atoms with van der Waals surface area (Å²) in [4.78, 5) is 24.6. The highest BCUT2D eigenvalue weighted by molar-refractivity contribution is 6.30. The molecule has 1 amide bonds. The molecule has 7 nitrogen and oxygen atoms in total. The summed E-state index contributed by atoms with van der Waals surface area (Å²) in [6.45, 7) is 0. The molecule has 26 heavy (non-hydrogen) atoms. The first-order valence-corrected chi connectivity index (χ1v) is 9.27. The topological polar surface area (TPSA) is 88.7 Å². The Balaban J connectivity index is 1.36. The van der Waals surface area contributed by atoms with Crippen LogP contribution in [-0.4, -0.2) is 43.2 Å². The molecule has 2 heterocycles.